The number of phenolic OH excluding ortho intramolecular Hbond substituents is 1. The van der Waals surface area contributed by atoms with Crippen LogP contribution in [0.25, 0.3) is 0 Å². The molecule has 0 aliphatic carbocycles. The summed E-state index contributed by atoms with van der Waals surface area (Å²) in [6.07, 6.45) is 0. The standard InChI is InChI=1S/C13H17FN2O3/c1-8(2)15-12(18)7-16(3)13(19)10-5-4-9(17)6-11(10)14/h4-6,8,17H,7H2,1-3H3,(H,15,18). The Labute approximate surface area is 111 Å². The van der Waals surface area contributed by atoms with Gasteiger partial charge in [-0.05, 0) is 26.0 Å². The molecular weight excluding hydrogens is 251 g/mol. The summed E-state index contributed by atoms with van der Waals surface area (Å²) < 4.78 is 13.5. The van der Waals surface area contributed by atoms with E-state index in [1.807, 2.05) is 0 Å². The van der Waals surface area contributed by atoms with Crippen LogP contribution in [0.4, 0.5) is 4.39 Å². The third-order valence-corrected chi connectivity index (χ3v) is 2.36. The normalized spacial score (nSPS) is 10.4. The molecule has 0 radical (unpaired) electrons. The van der Waals surface area contributed by atoms with Gasteiger partial charge in [0, 0.05) is 19.2 Å². The van der Waals surface area contributed by atoms with E-state index in [9.17, 15) is 14.0 Å². The van der Waals surface area contributed by atoms with Crippen LogP contribution in [0.2, 0.25) is 0 Å². The van der Waals surface area contributed by atoms with Gasteiger partial charge in [-0.15, -0.1) is 0 Å². The second kappa shape index (κ2) is 6.17. The Morgan fingerprint density at radius 3 is 2.58 bits per heavy atom. The van der Waals surface area contributed by atoms with Gasteiger partial charge in [0.2, 0.25) is 5.91 Å². The number of carbonyl (C=O) groups excluding carboxylic acids is 2. The monoisotopic (exact) mass is 268 g/mol. The number of hydrogen-bond acceptors (Lipinski definition) is 3. The molecule has 1 aromatic rings. The van der Waals surface area contributed by atoms with Crippen LogP contribution in [0.15, 0.2) is 18.2 Å². The van der Waals surface area contributed by atoms with Crippen molar-refractivity contribution in [2.24, 2.45) is 0 Å². The molecule has 1 aromatic carbocycles. The molecule has 1 rings (SSSR count). The predicted molar refractivity (Wildman–Crippen MR) is 68.3 cm³/mol. The summed E-state index contributed by atoms with van der Waals surface area (Å²) in [7, 11) is 1.41. The molecule has 5 nitrogen and oxygen atoms in total. The smallest absolute Gasteiger partial charge is 0.257 e. The van der Waals surface area contributed by atoms with Crippen molar-refractivity contribution in [1.29, 1.82) is 0 Å². The van der Waals surface area contributed by atoms with E-state index in [2.05, 4.69) is 5.32 Å². The lowest BCUT2D eigenvalue weighted by Gasteiger charge is -2.18. The van der Waals surface area contributed by atoms with Crippen LogP contribution in [0.5, 0.6) is 5.75 Å². The Kier molecular flexibility index (Phi) is 4.86. The maximum atomic E-state index is 13.5. The van der Waals surface area contributed by atoms with E-state index in [0.717, 1.165) is 11.0 Å². The zero-order chi connectivity index (χ0) is 14.6. The van der Waals surface area contributed by atoms with E-state index in [4.69, 9.17) is 5.11 Å². The lowest BCUT2D eigenvalue weighted by molar-refractivity contribution is -0.122. The number of carbonyl (C=O) groups is 2. The van der Waals surface area contributed by atoms with Crippen molar-refractivity contribution in [1.82, 2.24) is 10.2 Å². The van der Waals surface area contributed by atoms with Gasteiger partial charge in [-0.25, -0.2) is 4.39 Å². The van der Waals surface area contributed by atoms with Crippen molar-refractivity contribution < 1.29 is 19.1 Å². The summed E-state index contributed by atoms with van der Waals surface area (Å²) in [5.41, 5.74) is -0.183. The van der Waals surface area contributed by atoms with Gasteiger partial charge in [0.15, 0.2) is 0 Å². The van der Waals surface area contributed by atoms with E-state index < -0.39 is 11.7 Å². The molecule has 6 heteroatoms. The second-order valence-electron chi connectivity index (χ2n) is 4.55. The Hall–Kier alpha value is -2.11. The van der Waals surface area contributed by atoms with Gasteiger partial charge < -0.3 is 15.3 Å². The highest BCUT2D eigenvalue weighted by atomic mass is 19.1. The van der Waals surface area contributed by atoms with Crippen molar-refractivity contribution in [3.05, 3.63) is 29.6 Å². The van der Waals surface area contributed by atoms with Crippen LogP contribution < -0.4 is 5.32 Å². The Morgan fingerprint density at radius 2 is 2.05 bits per heavy atom. The highest BCUT2D eigenvalue weighted by molar-refractivity contribution is 5.96. The van der Waals surface area contributed by atoms with E-state index in [0.29, 0.717) is 0 Å². The van der Waals surface area contributed by atoms with Crippen LogP contribution in [0.1, 0.15) is 24.2 Å². The zero-order valence-corrected chi connectivity index (χ0v) is 11.1. The predicted octanol–water partition coefficient (Wildman–Crippen LogP) is 1.13. The number of rotatable bonds is 4. The molecule has 104 valence electrons. The fraction of sp³-hybridized carbons (Fsp3) is 0.385. The summed E-state index contributed by atoms with van der Waals surface area (Å²) in [5.74, 6) is -2.00. The Bertz CT molecular complexity index is 489. The number of aromatic hydroxyl groups is 1. The SMILES string of the molecule is CC(C)NC(=O)CN(C)C(=O)c1ccc(O)cc1F. The number of benzene rings is 1. The molecule has 0 aromatic heterocycles. The number of likely N-dealkylation sites (N-methyl/N-ethyl adjacent to an activating group) is 1. The van der Waals surface area contributed by atoms with Crippen LogP contribution in [0, 0.1) is 5.82 Å². The minimum absolute atomic E-state index is 0.0265. The summed E-state index contributed by atoms with van der Waals surface area (Å²) >= 11 is 0. The minimum Gasteiger partial charge on any atom is -0.508 e. The van der Waals surface area contributed by atoms with Gasteiger partial charge in [-0.2, -0.15) is 0 Å². The number of amides is 2. The average Bonchev–Trinajstić information content (AvgIpc) is 2.26. The van der Waals surface area contributed by atoms with E-state index in [-0.39, 0.29) is 29.8 Å². The molecule has 2 amide bonds. The van der Waals surface area contributed by atoms with Crippen molar-refractivity contribution in [2.75, 3.05) is 13.6 Å². The number of nitrogens with zero attached hydrogens (tertiary/aromatic N) is 1. The minimum atomic E-state index is -0.818. The molecule has 0 fully saturated rings. The zero-order valence-electron chi connectivity index (χ0n) is 11.1. The van der Waals surface area contributed by atoms with Gasteiger partial charge in [0.1, 0.15) is 11.6 Å². The second-order valence-corrected chi connectivity index (χ2v) is 4.55. The molecule has 0 aliphatic rings. The molecule has 0 spiro atoms. The average molecular weight is 268 g/mol. The van der Waals surface area contributed by atoms with Gasteiger partial charge in [0.25, 0.3) is 5.91 Å². The van der Waals surface area contributed by atoms with E-state index >= 15 is 0 Å². The molecule has 0 unspecified atom stereocenters. The third kappa shape index (κ3) is 4.24. The van der Waals surface area contributed by atoms with Gasteiger partial charge in [-0.1, -0.05) is 0 Å². The Morgan fingerprint density at radius 1 is 1.42 bits per heavy atom. The summed E-state index contributed by atoms with van der Waals surface area (Å²) in [5, 5.41) is 11.7. The molecule has 0 bridgehead atoms. The fourth-order valence-corrected chi connectivity index (χ4v) is 1.54. The summed E-state index contributed by atoms with van der Waals surface area (Å²) in [6, 6.07) is 3.23. The van der Waals surface area contributed by atoms with Crippen molar-refractivity contribution >= 4 is 11.8 Å². The summed E-state index contributed by atoms with van der Waals surface area (Å²) in [6.45, 7) is 3.45. The maximum Gasteiger partial charge on any atom is 0.257 e. The first-order chi connectivity index (χ1) is 8.81. The van der Waals surface area contributed by atoms with E-state index in [1.54, 1.807) is 13.8 Å². The maximum absolute atomic E-state index is 13.5. The van der Waals surface area contributed by atoms with Crippen LogP contribution in [-0.4, -0.2) is 41.5 Å². The number of hydrogen-bond donors (Lipinski definition) is 2. The quantitative estimate of drug-likeness (QED) is 0.860. The first-order valence-corrected chi connectivity index (χ1v) is 5.84. The highest BCUT2D eigenvalue weighted by Gasteiger charge is 2.18. The van der Waals surface area contributed by atoms with Crippen LogP contribution in [-0.2, 0) is 4.79 Å². The van der Waals surface area contributed by atoms with Gasteiger partial charge in [-0.3, -0.25) is 9.59 Å². The van der Waals surface area contributed by atoms with E-state index in [1.165, 1.54) is 19.2 Å². The van der Waals surface area contributed by atoms with Crippen molar-refractivity contribution in [3.8, 4) is 5.75 Å². The first kappa shape index (κ1) is 14.9. The molecular formula is C13H17FN2O3. The molecule has 0 saturated carbocycles. The molecule has 2 N–H and O–H groups in total. The first-order valence-electron chi connectivity index (χ1n) is 5.84. The largest absolute Gasteiger partial charge is 0.508 e. The van der Waals surface area contributed by atoms with Gasteiger partial charge >= 0.3 is 0 Å². The number of halogens is 1. The number of phenols is 1. The lowest BCUT2D eigenvalue weighted by atomic mass is 10.2. The van der Waals surface area contributed by atoms with Gasteiger partial charge in [0.05, 0.1) is 12.1 Å². The van der Waals surface area contributed by atoms with Crippen molar-refractivity contribution in [3.63, 3.8) is 0 Å². The lowest BCUT2D eigenvalue weighted by Crippen LogP contribution is -2.41. The third-order valence-electron chi connectivity index (χ3n) is 2.36. The molecule has 0 aliphatic heterocycles. The molecule has 0 heterocycles. The van der Waals surface area contributed by atoms with Crippen LogP contribution >= 0.6 is 0 Å². The molecule has 0 atom stereocenters. The topological polar surface area (TPSA) is 69.6 Å². The van der Waals surface area contributed by atoms with Crippen LogP contribution in [0.3, 0.4) is 0 Å². The Balaban J connectivity index is 2.74. The molecule has 19 heavy (non-hydrogen) atoms. The molecule has 0 saturated heterocycles. The highest BCUT2D eigenvalue weighted by Crippen LogP contribution is 2.16. The fourth-order valence-electron chi connectivity index (χ4n) is 1.54. The van der Waals surface area contributed by atoms with Crippen molar-refractivity contribution in [2.45, 2.75) is 19.9 Å². The summed E-state index contributed by atoms with van der Waals surface area (Å²) in [4.78, 5) is 24.5. The number of nitrogens with one attached hydrogen (secondary N) is 1.